The molecule has 3 heterocycles. The molecule has 0 aliphatic heterocycles. The van der Waals surface area contributed by atoms with Crippen molar-refractivity contribution in [2.24, 2.45) is 0 Å². The number of carbonyl (C=O) groups excluding carboxylic acids is 1. The predicted octanol–water partition coefficient (Wildman–Crippen LogP) is 3.39. The number of rotatable bonds is 2. The van der Waals surface area contributed by atoms with Crippen molar-refractivity contribution in [3.63, 3.8) is 0 Å². The first-order valence-electron chi connectivity index (χ1n) is 7.51. The van der Waals surface area contributed by atoms with Gasteiger partial charge in [0, 0.05) is 23.3 Å². The number of fused-ring (bicyclic) bond motifs is 1. The van der Waals surface area contributed by atoms with Crippen LogP contribution in [0.25, 0.3) is 22.5 Å². The van der Waals surface area contributed by atoms with E-state index >= 15 is 0 Å². The van der Waals surface area contributed by atoms with Crippen LogP contribution in [0.2, 0.25) is 0 Å². The summed E-state index contributed by atoms with van der Waals surface area (Å²) in [4.78, 5) is 21.5. The average Bonchev–Trinajstić information content (AvgIpc) is 3.18. The van der Waals surface area contributed by atoms with Gasteiger partial charge in [0.2, 0.25) is 0 Å². The first-order chi connectivity index (χ1) is 11.6. The van der Waals surface area contributed by atoms with Crippen LogP contribution in [0.4, 0.5) is 0 Å². The highest BCUT2D eigenvalue weighted by molar-refractivity contribution is 6.04. The molecule has 6 nitrogen and oxygen atoms in total. The molecule has 0 spiro atoms. The Morgan fingerprint density at radius 3 is 2.79 bits per heavy atom. The van der Waals surface area contributed by atoms with Crippen molar-refractivity contribution in [2.45, 2.75) is 13.8 Å². The van der Waals surface area contributed by atoms with Gasteiger partial charge in [0.1, 0.15) is 5.65 Å². The summed E-state index contributed by atoms with van der Waals surface area (Å²) in [5.41, 5.74) is 2.89. The molecule has 0 saturated carbocycles. The quantitative estimate of drug-likeness (QED) is 0.566. The van der Waals surface area contributed by atoms with Gasteiger partial charge in [-0.05, 0) is 38.1 Å². The van der Waals surface area contributed by atoms with Gasteiger partial charge in [-0.15, -0.1) is 0 Å². The Balaban J connectivity index is 1.92. The third-order valence-electron chi connectivity index (χ3n) is 3.81. The predicted molar refractivity (Wildman–Crippen MR) is 88.7 cm³/mol. The molecule has 0 radical (unpaired) electrons. The minimum atomic E-state index is -0.148. The Morgan fingerprint density at radius 2 is 2.04 bits per heavy atom. The summed E-state index contributed by atoms with van der Waals surface area (Å²) in [5, 5.41) is 4.62. The minimum Gasteiger partial charge on any atom is -0.334 e. The van der Waals surface area contributed by atoms with Crippen molar-refractivity contribution >= 4 is 16.9 Å². The van der Waals surface area contributed by atoms with E-state index in [1.165, 1.54) is 4.57 Å². The summed E-state index contributed by atoms with van der Waals surface area (Å²) >= 11 is 0. The maximum Gasteiger partial charge on any atom is 0.263 e. The van der Waals surface area contributed by atoms with Crippen LogP contribution in [0.5, 0.6) is 0 Å². The number of aromatic nitrogens is 4. The highest BCUT2D eigenvalue weighted by atomic mass is 16.5. The second-order valence-electron chi connectivity index (χ2n) is 5.61. The van der Waals surface area contributed by atoms with Crippen molar-refractivity contribution in [2.75, 3.05) is 0 Å². The van der Waals surface area contributed by atoms with Crippen LogP contribution in [-0.4, -0.2) is 25.6 Å². The van der Waals surface area contributed by atoms with Crippen molar-refractivity contribution in [1.82, 2.24) is 19.7 Å². The lowest BCUT2D eigenvalue weighted by molar-refractivity contribution is 0.0964. The Kier molecular flexibility index (Phi) is 3.23. The summed E-state index contributed by atoms with van der Waals surface area (Å²) in [7, 11) is 0. The van der Waals surface area contributed by atoms with Gasteiger partial charge in [0.05, 0.1) is 5.56 Å². The van der Waals surface area contributed by atoms with Gasteiger partial charge in [0.25, 0.3) is 11.8 Å². The maximum absolute atomic E-state index is 12.9. The van der Waals surface area contributed by atoms with E-state index in [-0.39, 0.29) is 5.91 Å². The molecule has 118 valence electrons. The summed E-state index contributed by atoms with van der Waals surface area (Å²) < 4.78 is 6.79. The van der Waals surface area contributed by atoms with E-state index in [2.05, 4.69) is 15.1 Å². The molecule has 4 rings (SSSR count). The molecule has 6 heteroatoms. The maximum atomic E-state index is 12.9. The summed E-state index contributed by atoms with van der Waals surface area (Å²) in [6.45, 7) is 3.71. The third kappa shape index (κ3) is 2.28. The Morgan fingerprint density at radius 1 is 1.17 bits per heavy atom. The molecule has 4 aromatic rings. The fourth-order valence-corrected chi connectivity index (χ4v) is 2.71. The average molecular weight is 318 g/mol. The van der Waals surface area contributed by atoms with Gasteiger partial charge in [-0.3, -0.25) is 9.36 Å². The monoisotopic (exact) mass is 318 g/mol. The molecule has 0 aliphatic carbocycles. The second kappa shape index (κ2) is 5.42. The van der Waals surface area contributed by atoms with Crippen LogP contribution in [0.1, 0.15) is 21.7 Å². The lowest BCUT2D eigenvalue weighted by atomic mass is 10.1. The fourth-order valence-electron chi connectivity index (χ4n) is 2.71. The number of nitrogens with zero attached hydrogens (tertiary/aromatic N) is 4. The van der Waals surface area contributed by atoms with Crippen LogP contribution in [0.3, 0.4) is 0 Å². The normalized spacial score (nSPS) is 11.1. The van der Waals surface area contributed by atoms with Crippen molar-refractivity contribution in [1.29, 1.82) is 0 Å². The molecular formula is C18H14N4O2. The highest BCUT2D eigenvalue weighted by Gasteiger charge is 2.20. The molecule has 0 amide bonds. The van der Waals surface area contributed by atoms with Crippen LogP contribution < -0.4 is 0 Å². The van der Waals surface area contributed by atoms with Crippen LogP contribution in [0, 0.1) is 13.8 Å². The molecule has 0 atom stereocenters. The zero-order valence-corrected chi connectivity index (χ0v) is 13.2. The molecule has 0 fully saturated rings. The van der Waals surface area contributed by atoms with Gasteiger partial charge in [-0.25, -0.2) is 4.98 Å². The van der Waals surface area contributed by atoms with Gasteiger partial charge in [-0.2, -0.15) is 4.98 Å². The standard InChI is InChI=1S/C18H14N4O2/c1-11-5-3-6-13(9-11)18(23)22-10-15(17-20-12(2)21-24-17)14-7-4-8-19-16(14)22/h3-10H,1-2H3. The van der Waals surface area contributed by atoms with E-state index in [0.29, 0.717) is 28.5 Å². The Hall–Kier alpha value is -3.28. The third-order valence-corrected chi connectivity index (χ3v) is 3.81. The van der Waals surface area contributed by atoms with Crippen molar-refractivity contribution in [3.05, 3.63) is 65.7 Å². The van der Waals surface area contributed by atoms with Gasteiger partial charge in [-0.1, -0.05) is 22.9 Å². The van der Waals surface area contributed by atoms with Crippen molar-refractivity contribution in [3.8, 4) is 11.5 Å². The Labute approximate surface area is 137 Å². The summed E-state index contributed by atoms with van der Waals surface area (Å²) in [6.07, 6.45) is 3.36. The molecule has 0 saturated heterocycles. The molecule has 3 aromatic heterocycles. The Bertz CT molecular complexity index is 1060. The summed E-state index contributed by atoms with van der Waals surface area (Å²) in [5.74, 6) is 0.769. The molecule has 1 aromatic carbocycles. The van der Waals surface area contributed by atoms with E-state index in [4.69, 9.17) is 4.52 Å². The lowest BCUT2D eigenvalue weighted by Gasteiger charge is -2.04. The van der Waals surface area contributed by atoms with E-state index < -0.39 is 0 Å². The molecule has 24 heavy (non-hydrogen) atoms. The van der Waals surface area contributed by atoms with Gasteiger partial charge < -0.3 is 4.52 Å². The molecular weight excluding hydrogens is 304 g/mol. The first kappa shape index (κ1) is 14.3. The molecule has 0 bridgehead atoms. The van der Waals surface area contributed by atoms with Crippen molar-refractivity contribution < 1.29 is 9.32 Å². The van der Waals surface area contributed by atoms with Gasteiger partial charge in [0.15, 0.2) is 5.82 Å². The summed E-state index contributed by atoms with van der Waals surface area (Å²) in [6, 6.07) is 11.2. The minimum absolute atomic E-state index is 0.148. The number of hydrogen-bond acceptors (Lipinski definition) is 5. The van der Waals surface area contributed by atoms with Crippen LogP contribution in [0.15, 0.2) is 53.3 Å². The smallest absolute Gasteiger partial charge is 0.263 e. The molecule has 0 N–H and O–H groups in total. The van der Waals surface area contributed by atoms with E-state index in [0.717, 1.165) is 10.9 Å². The fraction of sp³-hybridized carbons (Fsp3) is 0.111. The van der Waals surface area contributed by atoms with Crippen LogP contribution >= 0.6 is 0 Å². The number of carbonyl (C=O) groups is 1. The molecule has 0 aliphatic rings. The highest BCUT2D eigenvalue weighted by Crippen LogP contribution is 2.29. The largest absolute Gasteiger partial charge is 0.334 e. The van der Waals surface area contributed by atoms with E-state index in [9.17, 15) is 4.79 Å². The second-order valence-corrected chi connectivity index (χ2v) is 5.61. The zero-order chi connectivity index (χ0) is 16.7. The first-order valence-corrected chi connectivity index (χ1v) is 7.51. The molecule has 0 unspecified atom stereocenters. The van der Waals surface area contributed by atoms with Gasteiger partial charge >= 0.3 is 0 Å². The van der Waals surface area contributed by atoms with E-state index in [1.54, 1.807) is 25.4 Å². The topological polar surface area (TPSA) is 73.8 Å². The number of benzene rings is 1. The lowest BCUT2D eigenvalue weighted by Crippen LogP contribution is -2.11. The van der Waals surface area contributed by atoms with Crippen LogP contribution in [-0.2, 0) is 0 Å². The zero-order valence-electron chi connectivity index (χ0n) is 13.2. The number of aryl methyl sites for hydroxylation is 2. The number of hydrogen-bond donors (Lipinski definition) is 0. The number of pyridine rings is 1. The van der Waals surface area contributed by atoms with E-state index in [1.807, 2.05) is 37.3 Å². The SMILES string of the molecule is Cc1cccc(C(=O)n2cc(-c3nc(C)no3)c3cccnc32)c1.